The Labute approximate surface area is 103 Å². The van der Waals surface area contributed by atoms with E-state index in [1.165, 1.54) is 32.1 Å². The molecule has 0 atom stereocenters. The van der Waals surface area contributed by atoms with E-state index < -0.39 is 0 Å². The molecule has 0 spiro atoms. The van der Waals surface area contributed by atoms with Gasteiger partial charge in [-0.1, -0.05) is 55.5 Å². The first kappa shape index (κ1) is 11.9. The van der Waals surface area contributed by atoms with Crippen molar-refractivity contribution in [2.45, 2.75) is 38.5 Å². The van der Waals surface area contributed by atoms with Crippen LogP contribution in [0, 0.1) is 17.8 Å². The molecule has 17 heavy (non-hydrogen) atoms. The largest absolute Gasteiger partial charge is 0.285 e. The highest BCUT2D eigenvalue weighted by molar-refractivity contribution is 5.96. The van der Waals surface area contributed by atoms with Crippen LogP contribution in [0.2, 0.25) is 0 Å². The van der Waals surface area contributed by atoms with E-state index in [-0.39, 0.29) is 5.78 Å². The summed E-state index contributed by atoms with van der Waals surface area (Å²) in [6.45, 7) is 0. The van der Waals surface area contributed by atoms with Crippen LogP contribution < -0.4 is 0 Å². The molecule has 1 aliphatic rings. The molecule has 0 unspecified atom stereocenters. The third-order valence-corrected chi connectivity index (χ3v) is 3.23. The number of hydrogen-bond donors (Lipinski definition) is 0. The molecule has 1 heteroatoms. The van der Waals surface area contributed by atoms with Gasteiger partial charge in [0.15, 0.2) is 0 Å². The fourth-order valence-corrected chi connectivity index (χ4v) is 2.25. The van der Waals surface area contributed by atoms with Crippen molar-refractivity contribution in [1.29, 1.82) is 0 Å². The summed E-state index contributed by atoms with van der Waals surface area (Å²) in [5, 5.41) is 0. The molecule has 0 saturated heterocycles. The number of Topliss-reactive ketones (excluding diaryl/α,β-unsaturated/α-hetero) is 1. The van der Waals surface area contributed by atoms with Crippen molar-refractivity contribution >= 4 is 5.78 Å². The Morgan fingerprint density at radius 3 is 2.53 bits per heavy atom. The maximum Gasteiger partial charge on any atom is 0.209 e. The third kappa shape index (κ3) is 4.07. The van der Waals surface area contributed by atoms with Crippen molar-refractivity contribution < 1.29 is 4.79 Å². The average molecular weight is 226 g/mol. The Morgan fingerprint density at radius 2 is 1.82 bits per heavy atom. The Hall–Kier alpha value is -1.55. The lowest BCUT2D eigenvalue weighted by Gasteiger charge is -2.15. The monoisotopic (exact) mass is 226 g/mol. The molecule has 88 valence electrons. The molecule has 0 aliphatic heterocycles. The number of rotatable bonds is 2. The highest BCUT2D eigenvalue weighted by Crippen LogP contribution is 2.22. The summed E-state index contributed by atoms with van der Waals surface area (Å²) in [6, 6.07) is 9.82. The number of carbonyl (C=O) groups excluding carboxylic acids is 1. The van der Waals surface area contributed by atoms with Gasteiger partial charge in [0, 0.05) is 12.3 Å². The number of benzene rings is 1. The van der Waals surface area contributed by atoms with Crippen molar-refractivity contribution in [3.63, 3.8) is 0 Å². The molecule has 0 radical (unpaired) electrons. The maximum absolute atomic E-state index is 11.7. The minimum Gasteiger partial charge on any atom is -0.285 e. The van der Waals surface area contributed by atoms with E-state index in [1.807, 2.05) is 30.3 Å². The molecule has 0 aromatic heterocycles. The van der Waals surface area contributed by atoms with Gasteiger partial charge in [0.25, 0.3) is 0 Å². The first-order chi connectivity index (χ1) is 8.34. The zero-order valence-corrected chi connectivity index (χ0v) is 10.1. The van der Waals surface area contributed by atoms with Crippen molar-refractivity contribution in [3.8, 4) is 11.8 Å². The molecule has 2 rings (SSSR count). The van der Waals surface area contributed by atoms with Gasteiger partial charge in [-0.25, -0.2) is 0 Å². The van der Waals surface area contributed by atoms with Gasteiger partial charge in [-0.3, -0.25) is 4.79 Å². The first-order valence-electron chi connectivity index (χ1n) is 6.43. The van der Waals surface area contributed by atoms with E-state index in [1.54, 1.807) is 0 Å². The fourth-order valence-electron chi connectivity index (χ4n) is 2.25. The van der Waals surface area contributed by atoms with Gasteiger partial charge in [0.1, 0.15) is 0 Å². The second-order valence-electron chi connectivity index (χ2n) is 4.69. The highest BCUT2D eigenvalue weighted by Gasteiger charge is 2.10. The molecule has 1 nitrogen and oxygen atoms in total. The fraction of sp³-hybridized carbons (Fsp3) is 0.438. The third-order valence-electron chi connectivity index (χ3n) is 3.23. The molecule has 1 aromatic carbocycles. The van der Waals surface area contributed by atoms with Gasteiger partial charge in [-0.2, -0.15) is 0 Å². The normalized spacial score (nSPS) is 16.0. The molecular formula is C16H18O. The van der Waals surface area contributed by atoms with E-state index in [2.05, 4.69) is 11.8 Å². The Morgan fingerprint density at radius 1 is 1.12 bits per heavy atom. The molecule has 0 heterocycles. The van der Waals surface area contributed by atoms with Crippen LogP contribution in [0.3, 0.4) is 0 Å². The van der Waals surface area contributed by atoms with Crippen molar-refractivity contribution in [2.24, 2.45) is 5.92 Å². The zero-order chi connectivity index (χ0) is 11.9. The maximum atomic E-state index is 11.7. The molecule has 1 aliphatic carbocycles. The molecule has 0 N–H and O–H groups in total. The van der Waals surface area contributed by atoms with Crippen molar-refractivity contribution in [3.05, 3.63) is 35.9 Å². The van der Waals surface area contributed by atoms with E-state index in [0.29, 0.717) is 12.3 Å². The molecular weight excluding hydrogens is 208 g/mol. The van der Waals surface area contributed by atoms with Gasteiger partial charge in [0.05, 0.1) is 0 Å². The summed E-state index contributed by atoms with van der Waals surface area (Å²) in [7, 11) is 0. The van der Waals surface area contributed by atoms with Crippen molar-refractivity contribution in [1.82, 2.24) is 0 Å². The summed E-state index contributed by atoms with van der Waals surface area (Å²) in [4.78, 5) is 11.7. The number of carbonyl (C=O) groups is 1. The molecule has 1 aromatic rings. The van der Waals surface area contributed by atoms with Crippen LogP contribution in [0.25, 0.3) is 0 Å². The van der Waals surface area contributed by atoms with Gasteiger partial charge >= 0.3 is 0 Å². The number of ketones is 1. The second kappa shape index (κ2) is 6.25. The lowest BCUT2D eigenvalue weighted by molar-refractivity contribution is -0.113. The average Bonchev–Trinajstić information content (AvgIpc) is 2.39. The standard InChI is InChI=1S/C16H18O/c17-16(13-15-9-5-2-6-10-15)12-11-14-7-3-1-4-8-14/h2,5-6,9-10,14H,1,3-4,7-8,13H2. The van der Waals surface area contributed by atoms with E-state index in [9.17, 15) is 4.79 Å². The smallest absolute Gasteiger partial charge is 0.209 e. The summed E-state index contributed by atoms with van der Waals surface area (Å²) in [5.74, 6) is 6.46. The van der Waals surface area contributed by atoms with Crippen LogP contribution in [-0.4, -0.2) is 5.78 Å². The van der Waals surface area contributed by atoms with Crippen LogP contribution in [-0.2, 0) is 11.2 Å². The minimum atomic E-state index is 0.0433. The van der Waals surface area contributed by atoms with E-state index in [0.717, 1.165) is 5.56 Å². The van der Waals surface area contributed by atoms with Crippen LogP contribution in [0.5, 0.6) is 0 Å². The van der Waals surface area contributed by atoms with Crippen LogP contribution in [0.1, 0.15) is 37.7 Å². The Bertz CT molecular complexity index is 416. The van der Waals surface area contributed by atoms with Gasteiger partial charge in [0.2, 0.25) is 5.78 Å². The summed E-state index contributed by atoms with van der Waals surface area (Å²) in [5.41, 5.74) is 1.05. The van der Waals surface area contributed by atoms with Gasteiger partial charge < -0.3 is 0 Å². The zero-order valence-electron chi connectivity index (χ0n) is 10.1. The predicted molar refractivity (Wildman–Crippen MR) is 69.5 cm³/mol. The highest BCUT2D eigenvalue weighted by atomic mass is 16.1. The quantitative estimate of drug-likeness (QED) is 0.558. The van der Waals surface area contributed by atoms with Gasteiger partial charge in [-0.15, -0.1) is 0 Å². The topological polar surface area (TPSA) is 17.1 Å². The van der Waals surface area contributed by atoms with Gasteiger partial charge in [-0.05, 0) is 24.3 Å². The van der Waals surface area contributed by atoms with Crippen LogP contribution >= 0.6 is 0 Å². The van der Waals surface area contributed by atoms with Crippen molar-refractivity contribution in [2.75, 3.05) is 0 Å². The predicted octanol–water partition coefficient (Wildman–Crippen LogP) is 3.38. The lowest BCUT2D eigenvalue weighted by Crippen LogP contribution is -2.05. The first-order valence-corrected chi connectivity index (χ1v) is 6.43. The SMILES string of the molecule is O=C(C#CC1CCCCC1)Cc1ccccc1. The summed E-state index contributed by atoms with van der Waals surface area (Å²) in [6.07, 6.45) is 6.66. The number of hydrogen-bond acceptors (Lipinski definition) is 1. The van der Waals surface area contributed by atoms with Crippen LogP contribution in [0.15, 0.2) is 30.3 Å². The van der Waals surface area contributed by atoms with Crippen LogP contribution in [0.4, 0.5) is 0 Å². The Kier molecular flexibility index (Phi) is 4.38. The molecule has 1 saturated carbocycles. The second-order valence-corrected chi connectivity index (χ2v) is 4.69. The van der Waals surface area contributed by atoms with E-state index in [4.69, 9.17) is 0 Å². The minimum absolute atomic E-state index is 0.0433. The molecule has 0 amide bonds. The summed E-state index contributed by atoms with van der Waals surface area (Å²) >= 11 is 0. The van der Waals surface area contributed by atoms with E-state index >= 15 is 0 Å². The molecule has 1 fully saturated rings. The lowest BCUT2D eigenvalue weighted by atomic mass is 9.90. The molecule has 0 bridgehead atoms. The summed E-state index contributed by atoms with van der Waals surface area (Å²) < 4.78 is 0. The Balaban J connectivity index is 1.86.